The lowest BCUT2D eigenvalue weighted by Gasteiger charge is -2.37. The number of halogens is 5. The molecule has 1 unspecified atom stereocenters. The second-order valence-electron chi connectivity index (χ2n) is 9.53. The van der Waals surface area contributed by atoms with Crippen LogP contribution in [0.2, 0.25) is 0 Å². The van der Waals surface area contributed by atoms with Gasteiger partial charge in [-0.2, -0.15) is 18.3 Å². The molecule has 2 aromatic heterocycles. The molecular weight excluding hydrogens is 521 g/mol. The molecule has 1 atom stereocenters. The second-order valence-corrected chi connectivity index (χ2v) is 9.53. The lowest BCUT2D eigenvalue weighted by Crippen LogP contribution is -2.36. The highest BCUT2D eigenvalue weighted by molar-refractivity contribution is 5.73. The summed E-state index contributed by atoms with van der Waals surface area (Å²) in [6.07, 6.45) is 3.85. The Bertz CT molecular complexity index is 1500. The number of hydrogen-bond donors (Lipinski definition) is 1. The maximum Gasteiger partial charge on any atom is 0.490 e. The van der Waals surface area contributed by atoms with Crippen molar-refractivity contribution in [3.63, 3.8) is 0 Å². The van der Waals surface area contributed by atoms with E-state index in [0.29, 0.717) is 11.5 Å². The molecule has 2 aromatic carbocycles. The monoisotopic (exact) mass is 545 g/mol. The van der Waals surface area contributed by atoms with Gasteiger partial charge in [-0.25, -0.2) is 18.6 Å². The average Bonchev–Trinajstić information content (AvgIpc) is 3.61. The summed E-state index contributed by atoms with van der Waals surface area (Å²) < 4.78 is 65.2. The van der Waals surface area contributed by atoms with E-state index in [1.165, 1.54) is 0 Å². The summed E-state index contributed by atoms with van der Waals surface area (Å²) in [5, 5.41) is 11.3. The Labute approximate surface area is 220 Å². The van der Waals surface area contributed by atoms with Crippen LogP contribution in [0, 0.1) is 17.6 Å². The number of benzene rings is 2. The van der Waals surface area contributed by atoms with Crippen molar-refractivity contribution in [2.75, 3.05) is 18.0 Å². The molecule has 0 radical (unpaired) electrons. The summed E-state index contributed by atoms with van der Waals surface area (Å²) in [5.41, 5.74) is 4.93. The number of anilines is 1. The molecule has 0 spiro atoms. The van der Waals surface area contributed by atoms with Gasteiger partial charge in [0.25, 0.3) is 0 Å². The number of carbonyl (C=O) groups is 1. The number of nitrogens with zero attached hydrogens (tertiary/aromatic N) is 5. The number of hydrogen-bond acceptors (Lipinski definition) is 4. The zero-order valence-electron chi connectivity index (χ0n) is 20.7. The van der Waals surface area contributed by atoms with E-state index < -0.39 is 12.1 Å². The van der Waals surface area contributed by atoms with Crippen LogP contribution >= 0.6 is 0 Å². The van der Waals surface area contributed by atoms with Crippen LogP contribution in [0.3, 0.4) is 0 Å². The van der Waals surface area contributed by atoms with Crippen molar-refractivity contribution in [3.05, 3.63) is 78.5 Å². The Morgan fingerprint density at radius 1 is 1.03 bits per heavy atom. The first-order valence-electron chi connectivity index (χ1n) is 12.2. The maximum atomic E-state index is 14.8. The minimum Gasteiger partial charge on any atom is -0.475 e. The third-order valence-electron chi connectivity index (χ3n) is 7.15. The first-order chi connectivity index (χ1) is 18.5. The van der Waals surface area contributed by atoms with Gasteiger partial charge in [0.05, 0.1) is 30.5 Å². The van der Waals surface area contributed by atoms with Crippen LogP contribution < -0.4 is 4.90 Å². The summed E-state index contributed by atoms with van der Waals surface area (Å²) in [5.74, 6) is -2.84. The van der Waals surface area contributed by atoms with Gasteiger partial charge in [0.2, 0.25) is 0 Å². The van der Waals surface area contributed by atoms with Crippen molar-refractivity contribution in [2.24, 2.45) is 13.0 Å². The Kier molecular flexibility index (Phi) is 6.87. The molecule has 0 amide bonds. The molecule has 1 fully saturated rings. The van der Waals surface area contributed by atoms with Crippen LogP contribution in [0.25, 0.3) is 22.4 Å². The predicted molar refractivity (Wildman–Crippen MR) is 133 cm³/mol. The number of imidazole rings is 1. The molecule has 7 nitrogen and oxygen atoms in total. The Morgan fingerprint density at radius 3 is 2.36 bits per heavy atom. The van der Waals surface area contributed by atoms with E-state index >= 15 is 0 Å². The highest BCUT2D eigenvalue weighted by Gasteiger charge is 2.39. The number of aliphatic carboxylic acids is 1. The quantitative estimate of drug-likeness (QED) is 0.335. The second kappa shape index (κ2) is 10.2. The molecule has 1 saturated heterocycles. The van der Waals surface area contributed by atoms with Gasteiger partial charge in [0, 0.05) is 54.3 Å². The van der Waals surface area contributed by atoms with E-state index in [1.807, 2.05) is 44.0 Å². The first kappa shape index (κ1) is 26.4. The van der Waals surface area contributed by atoms with Crippen LogP contribution in [0.5, 0.6) is 0 Å². The van der Waals surface area contributed by atoms with E-state index in [1.54, 1.807) is 29.1 Å². The zero-order valence-corrected chi connectivity index (χ0v) is 20.7. The molecule has 2 aliphatic rings. The number of aromatic nitrogens is 4. The summed E-state index contributed by atoms with van der Waals surface area (Å²) in [4.78, 5) is 15.4. The van der Waals surface area contributed by atoms with Crippen molar-refractivity contribution in [3.8, 4) is 22.4 Å². The molecule has 1 N–H and O–H groups in total. The lowest BCUT2D eigenvalue weighted by molar-refractivity contribution is -0.192. The SMILES string of the molecule is Cn1cc(-c2ccc(N3CCC(C4c5c(F)cccc5-c5cncn54)CC3)cc2F)cn1.O=C(O)C(F)(F)F. The van der Waals surface area contributed by atoms with Gasteiger partial charge in [-0.05, 0) is 43.0 Å². The van der Waals surface area contributed by atoms with Crippen molar-refractivity contribution < 1.29 is 31.9 Å². The van der Waals surface area contributed by atoms with Gasteiger partial charge in [-0.15, -0.1) is 0 Å². The molecule has 12 heteroatoms. The van der Waals surface area contributed by atoms with E-state index in [0.717, 1.165) is 54.0 Å². The fraction of sp³-hybridized carbons (Fsp3) is 0.296. The van der Waals surface area contributed by atoms with Crippen molar-refractivity contribution >= 4 is 11.7 Å². The number of rotatable bonds is 3. The maximum absolute atomic E-state index is 14.8. The molecule has 0 bridgehead atoms. The number of fused-ring (bicyclic) bond motifs is 3. The van der Waals surface area contributed by atoms with Gasteiger partial charge < -0.3 is 14.6 Å². The van der Waals surface area contributed by atoms with Gasteiger partial charge in [0.1, 0.15) is 11.6 Å². The molecule has 0 aliphatic carbocycles. The highest BCUT2D eigenvalue weighted by atomic mass is 19.4. The predicted octanol–water partition coefficient (Wildman–Crippen LogP) is 5.68. The highest BCUT2D eigenvalue weighted by Crippen LogP contribution is 2.47. The number of alkyl halides is 3. The van der Waals surface area contributed by atoms with Gasteiger partial charge in [-0.3, -0.25) is 4.68 Å². The summed E-state index contributed by atoms with van der Waals surface area (Å²) in [7, 11) is 1.82. The van der Waals surface area contributed by atoms with E-state index in [2.05, 4.69) is 19.5 Å². The average molecular weight is 546 g/mol. The van der Waals surface area contributed by atoms with Gasteiger partial charge in [-0.1, -0.05) is 12.1 Å². The number of carboxylic acids is 1. The minimum absolute atomic E-state index is 0.0319. The van der Waals surface area contributed by atoms with Crippen molar-refractivity contribution in [2.45, 2.75) is 25.1 Å². The summed E-state index contributed by atoms with van der Waals surface area (Å²) in [6.45, 7) is 1.61. The first-order valence-corrected chi connectivity index (χ1v) is 12.2. The van der Waals surface area contributed by atoms with Crippen molar-refractivity contribution in [1.82, 2.24) is 19.3 Å². The lowest BCUT2D eigenvalue weighted by atomic mass is 9.85. The van der Waals surface area contributed by atoms with E-state index in [-0.39, 0.29) is 17.7 Å². The van der Waals surface area contributed by atoms with Gasteiger partial charge in [0.15, 0.2) is 0 Å². The number of piperidine rings is 1. The zero-order chi connectivity index (χ0) is 27.9. The molecule has 4 aromatic rings. The Morgan fingerprint density at radius 2 is 1.74 bits per heavy atom. The third kappa shape index (κ3) is 5.10. The molecular formula is C27H24F5N5O2. The van der Waals surface area contributed by atoms with Crippen LogP contribution in [0.1, 0.15) is 24.4 Å². The molecule has 204 valence electrons. The largest absolute Gasteiger partial charge is 0.490 e. The summed E-state index contributed by atoms with van der Waals surface area (Å²) in [6, 6.07) is 10.7. The fourth-order valence-electron chi connectivity index (χ4n) is 5.37. The molecule has 39 heavy (non-hydrogen) atoms. The Balaban J connectivity index is 0.000000392. The smallest absolute Gasteiger partial charge is 0.475 e. The normalized spacial score (nSPS) is 16.9. The van der Waals surface area contributed by atoms with Crippen LogP contribution in [-0.4, -0.2) is 49.7 Å². The molecule has 0 saturated carbocycles. The van der Waals surface area contributed by atoms with Gasteiger partial charge >= 0.3 is 12.1 Å². The molecule has 6 rings (SSSR count). The van der Waals surface area contributed by atoms with E-state index in [9.17, 15) is 22.0 Å². The minimum atomic E-state index is -5.08. The topological polar surface area (TPSA) is 76.2 Å². The Hall–Kier alpha value is -4.22. The van der Waals surface area contributed by atoms with Crippen LogP contribution in [0.4, 0.5) is 27.6 Å². The number of carboxylic acid groups (broad SMARTS) is 1. The molecule has 4 heterocycles. The van der Waals surface area contributed by atoms with Crippen LogP contribution in [0.15, 0.2) is 61.3 Å². The van der Waals surface area contributed by atoms with Crippen LogP contribution in [-0.2, 0) is 11.8 Å². The van der Waals surface area contributed by atoms with Crippen molar-refractivity contribution in [1.29, 1.82) is 0 Å². The van der Waals surface area contributed by atoms with E-state index in [4.69, 9.17) is 9.90 Å². The molecule has 2 aliphatic heterocycles. The summed E-state index contributed by atoms with van der Waals surface area (Å²) >= 11 is 0. The fourth-order valence-corrected chi connectivity index (χ4v) is 5.37. The standard InChI is InChI=1S/C25H23F2N5.C2HF3O2/c1-30-14-17(12-29-30)19-6-5-18(11-22(19)27)31-9-7-16(8-10-31)25-24-20(3-2-4-21(24)26)23-13-28-15-32(23)25;3-2(4,5)1(6)7/h2-6,11-16,25H,7-10H2,1H3;(H,6,7). The number of aryl methyl sites for hydroxylation is 1. The third-order valence-corrected chi connectivity index (χ3v) is 7.15.